The Morgan fingerprint density at radius 1 is 0.644 bits per heavy atom. The number of hydrogen-bond acceptors (Lipinski definition) is 13. The summed E-state index contributed by atoms with van der Waals surface area (Å²) in [6.45, 7) is 17.5. The maximum atomic E-state index is 12.9. The number of carbonyl (C=O) groups is 1. The van der Waals surface area contributed by atoms with Gasteiger partial charge in [0.15, 0.2) is 0 Å². The lowest BCUT2D eigenvalue weighted by Gasteiger charge is -2.29. The third-order valence-corrected chi connectivity index (χ3v) is 13.0. The summed E-state index contributed by atoms with van der Waals surface area (Å²) in [7, 11) is 3.82. The average molecular weight is 977 g/mol. The first-order chi connectivity index (χ1) is 34.9. The molecule has 15 nitrogen and oxygen atoms in total. The van der Waals surface area contributed by atoms with Gasteiger partial charge in [0.2, 0.25) is 0 Å². The van der Waals surface area contributed by atoms with E-state index < -0.39 is 5.60 Å². The Labute approximate surface area is 426 Å². The molecule has 0 spiro atoms. The van der Waals surface area contributed by atoms with Crippen LogP contribution in [0.3, 0.4) is 0 Å². The van der Waals surface area contributed by atoms with Crippen molar-refractivity contribution >= 4 is 28.7 Å². The molecule has 0 aliphatic carbocycles. The third-order valence-electron chi connectivity index (χ3n) is 13.0. The number of rotatable bonds is 9. The molecule has 0 saturated heterocycles. The summed E-state index contributed by atoms with van der Waals surface area (Å²) in [5.74, 6) is 1.06. The Kier molecular flexibility index (Phi) is 13.7. The Morgan fingerprint density at radius 3 is 1.51 bits per heavy atom. The second kappa shape index (κ2) is 20.1. The fourth-order valence-corrected chi connectivity index (χ4v) is 9.61. The molecule has 10 rings (SSSR count). The highest BCUT2D eigenvalue weighted by Gasteiger charge is 2.36. The highest BCUT2D eigenvalue weighted by Crippen LogP contribution is 2.49. The fourth-order valence-electron chi connectivity index (χ4n) is 9.61. The van der Waals surface area contributed by atoms with E-state index in [1.807, 2.05) is 115 Å². The van der Waals surface area contributed by atoms with Crippen molar-refractivity contribution in [3.63, 3.8) is 0 Å². The van der Waals surface area contributed by atoms with Gasteiger partial charge in [-0.2, -0.15) is 20.7 Å². The van der Waals surface area contributed by atoms with E-state index in [1.54, 1.807) is 16.8 Å². The molecule has 0 saturated carbocycles. The van der Waals surface area contributed by atoms with Crippen LogP contribution in [-0.2, 0) is 28.4 Å². The topological polar surface area (TPSA) is 177 Å². The zero-order valence-corrected chi connectivity index (χ0v) is 43.1. The molecule has 0 N–H and O–H groups in total. The predicted octanol–water partition coefficient (Wildman–Crippen LogP) is 12.3. The summed E-state index contributed by atoms with van der Waals surface area (Å²) >= 11 is 0. The first-order valence-electron chi connectivity index (χ1n) is 24.5. The van der Waals surface area contributed by atoms with Crippen molar-refractivity contribution in [1.29, 1.82) is 10.5 Å². The first-order valence-corrected chi connectivity index (χ1v) is 24.5. The number of hydrogen-bond donors (Lipinski definition) is 0. The van der Waals surface area contributed by atoms with Gasteiger partial charge >= 0.3 is 5.97 Å². The van der Waals surface area contributed by atoms with Crippen LogP contribution in [0.5, 0.6) is 0 Å². The van der Waals surface area contributed by atoms with Crippen LogP contribution in [-0.4, -0.2) is 66.7 Å². The summed E-state index contributed by atoms with van der Waals surface area (Å²) in [5.41, 5.74) is 14.2. The Morgan fingerprint density at radius 2 is 1.10 bits per heavy atom. The largest absolute Gasteiger partial charge is 0.460 e. The molecule has 2 atom stereocenters. The molecular formula is C58H60N10O5. The molecule has 372 valence electrons. The van der Waals surface area contributed by atoms with E-state index in [1.165, 1.54) is 0 Å². The van der Waals surface area contributed by atoms with Gasteiger partial charge in [-0.3, -0.25) is 14.2 Å². The smallest absolute Gasteiger partial charge is 0.307 e. The molecule has 0 amide bonds. The summed E-state index contributed by atoms with van der Waals surface area (Å²) in [6.07, 6.45) is 8.67. The highest BCUT2D eigenvalue weighted by molar-refractivity contribution is 5.91. The molecule has 0 fully saturated rings. The molecule has 6 heterocycles. The van der Waals surface area contributed by atoms with Crippen molar-refractivity contribution in [3.05, 3.63) is 144 Å². The number of nitrogens with zero attached hydrogens (tertiary/aromatic N) is 10. The number of benzene rings is 4. The van der Waals surface area contributed by atoms with Gasteiger partial charge in [0.25, 0.3) is 0 Å². The lowest BCUT2D eigenvalue weighted by molar-refractivity contribution is -0.155. The second-order valence-corrected chi connectivity index (χ2v) is 20.8. The number of carbonyl (C=O) groups excluding carboxylic acids is 1. The van der Waals surface area contributed by atoms with Gasteiger partial charge in [-0.05, 0) is 134 Å². The second-order valence-electron chi connectivity index (χ2n) is 20.8. The van der Waals surface area contributed by atoms with Crippen molar-refractivity contribution in [2.75, 3.05) is 29.5 Å². The lowest BCUT2D eigenvalue weighted by Crippen LogP contribution is -2.28. The molecule has 0 bridgehead atoms. The molecule has 2 aliphatic heterocycles. The maximum absolute atomic E-state index is 12.9. The quantitative estimate of drug-likeness (QED) is 0.125. The van der Waals surface area contributed by atoms with Crippen LogP contribution < -0.4 is 9.80 Å². The van der Waals surface area contributed by atoms with Gasteiger partial charge in [0, 0.05) is 114 Å². The SMILES string of the molecule is Cc1noc2c1-c1ccc(-c3cnn(C)c3)cc1N(c1ccc(C#N)cc1)CC2CC(=O)OC(C)(C)C.Cc1noc2c1-c1ccc(-c3cnn(C)c3)cc1N(c1ccc(C#N)cc1)CC2CCOC(C)(C)C. The molecule has 4 aromatic carbocycles. The van der Waals surface area contributed by atoms with Crippen molar-refractivity contribution in [1.82, 2.24) is 29.9 Å². The Bertz CT molecular complexity index is 3370. The minimum Gasteiger partial charge on any atom is -0.460 e. The minimum absolute atomic E-state index is 0.0773. The minimum atomic E-state index is -0.587. The van der Waals surface area contributed by atoms with Crippen molar-refractivity contribution in [2.24, 2.45) is 14.1 Å². The molecule has 4 aromatic heterocycles. The first kappa shape index (κ1) is 49.7. The van der Waals surface area contributed by atoms with E-state index in [-0.39, 0.29) is 29.8 Å². The fraction of sp³-hybridized carbons (Fsp3) is 0.328. The molecule has 15 heteroatoms. The number of anilines is 4. The van der Waals surface area contributed by atoms with Crippen LogP contribution in [0.1, 0.15) is 100 Å². The van der Waals surface area contributed by atoms with Crippen LogP contribution >= 0.6 is 0 Å². The molecule has 0 radical (unpaired) electrons. The summed E-state index contributed by atoms with van der Waals surface area (Å²) in [6, 6.07) is 32.4. The van der Waals surface area contributed by atoms with E-state index in [9.17, 15) is 15.3 Å². The zero-order chi connectivity index (χ0) is 51.8. The Balaban J connectivity index is 0.000000180. The van der Waals surface area contributed by atoms with Crippen LogP contribution in [0.2, 0.25) is 0 Å². The molecular weight excluding hydrogens is 917 g/mol. The predicted molar refractivity (Wildman–Crippen MR) is 280 cm³/mol. The lowest BCUT2D eigenvalue weighted by atomic mass is 9.94. The number of aromatic nitrogens is 6. The van der Waals surface area contributed by atoms with E-state index in [0.717, 1.165) is 90.8 Å². The van der Waals surface area contributed by atoms with E-state index in [4.69, 9.17) is 18.5 Å². The monoisotopic (exact) mass is 976 g/mol. The van der Waals surface area contributed by atoms with Crippen molar-refractivity contribution in [2.45, 2.75) is 91.3 Å². The third kappa shape index (κ3) is 10.8. The van der Waals surface area contributed by atoms with Crippen LogP contribution in [0.25, 0.3) is 44.5 Å². The van der Waals surface area contributed by atoms with E-state index in [0.29, 0.717) is 36.6 Å². The number of fused-ring (bicyclic) bond motifs is 6. The number of aryl methyl sites for hydroxylation is 4. The average Bonchev–Trinajstić information content (AvgIpc) is 4.15. The molecule has 2 aliphatic rings. The van der Waals surface area contributed by atoms with Gasteiger partial charge in [-0.15, -0.1) is 0 Å². The standard InChI is InChI=1S/C29H29N5O3.C29H31N5O2/c1-18-27-24-11-8-20(22-15-31-33(5)16-22)12-25(24)34(23-9-6-19(14-30)7-10-23)17-21(28(27)37-32-18)13-26(35)36-29(2,3)4;1-19-27-25-11-8-21(23-16-31-33(5)17-23)14-26(25)34(24-9-6-20(15-30)7-10-24)18-22(28(27)36-32-19)12-13-35-29(2,3)4/h6-12,15-16,21H,13,17H2,1-5H3;6-11,14,16-17,22H,12-13,18H2,1-5H3. The maximum Gasteiger partial charge on any atom is 0.307 e. The van der Waals surface area contributed by atoms with Crippen LogP contribution in [0, 0.1) is 36.5 Å². The number of ether oxygens (including phenoxy) is 2. The highest BCUT2D eigenvalue weighted by atomic mass is 16.6. The molecule has 2 unspecified atom stereocenters. The number of esters is 1. The molecule has 8 aromatic rings. The summed E-state index contributed by atoms with van der Waals surface area (Å²) in [4.78, 5) is 17.5. The van der Waals surface area contributed by atoms with Gasteiger partial charge < -0.3 is 28.3 Å². The van der Waals surface area contributed by atoms with Crippen LogP contribution in [0.15, 0.2) is 119 Å². The van der Waals surface area contributed by atoms with Crippen molar-refractivity contribution in [3.8, 4) is 56.6 Å². The van der Waals surface area contributed by atoms with Gasteiger partial charge in [-0.25, -0.2) is 0 Å². The van der Waals surface area contributed by atoms with Gasteiger partial charge in [0.1, 0.15) is 17.1 Å². The van der Waals surface area contributed by atoms with Gasteiger partial charge in [0.05, 0.1) is 59.1 Å². The van der Waals surface area contributed by atoms with Crippen molar-refractivity contribution < 1.29 is 23.3 Å². The van der Waals surface area contributed by atoms with E-state index >= 15 is 0 Å². The molecule has 73 heavy (non-hydrogen) atoms. The number of nitriles is 2. The summed E-state index contributed by atoms with van der Waals surface area (Å²) in [5, 5.41) is 36.0. The summed E-state index contributed by atoms with van der Waals surface area (Å²) < 4.78 is 27.2. The van der Waals surface area contributed by atoms with Crippen LogP contribution in [0.4, 0.5) is 22.7 Å². The Hall–Kier alpha value is -8.27. The van der Waals surface area contributed by atoms with E-state index in [2.05, 4.69) is 99.6 Å². The zero-order valence-electron chi connectivity index (χ0n) is 43.1. The normalized spacial score (nSPS) is 15.1. The van der Waals surface area contributed by atoms with Gasteiger partial charge in [-0.1, -0.05) is 34.6 Å².